The second-order valence-corrected chi connectivity index (χ2v) is 5.06. The van der Waals surface area contributed by atoms with E-state index in [1.54, 1.807) is 19.2 Å². The van der Waals surface area contributed by atoms with Gasteiger partial charge in [0.05, 0.1) is 7.11 Å². The Kier molecular flexibility index (Phi) is 8.80. The molecule has 2 rings (SSSR count). The fourth-order valence-corrected chi connectivity index (χ4v) is 2.32. The third-order valence-corrected chi connectivity index (χ3v) is 3.51. The number of alkyl halides is 2. The molecule has 5 nitrogen and oxygen atoms in total. The largest absolute Gasteiger partial charge is 0.497 e. The molecule has 8 heteroatoms. The van der Waals surface area contributed by atoms with E-state index < -0.39 is 6.61 Å². The maximum absolute atomic E-state index is 12.5. The normalized spacial score (nSPS) is 14.5. The van der Waals surface area contributed by atoms with Crippen LogP contribution in [0.1, 0.15) is 18.4 Å². The molecule has 0 saturated carbocycles. The number of rotatable bonds is 6. The van der Waals surface area contributed by atoms with Gasteiger partial charge in [-0.3, -0.25) is 4.99 Å². The lowest BCUT2D eigenvalue weighted by atomic mass is 10.2. The maximum atomic E-state index is 12.5. The lowest BCUT2D eigenvalue weighted by Gasteiger charge is -2.18. The van der Waals surface area contributed by atoms with Gasteiger partial charge in [-0.05, 0) is 25.0 Å². The van der Waals surface area contributed by atoms with Gasteiger partial charge in [0.2, 0.25) is 0 Å². The molecule has 0 fully saturated rings. The van der Waals surface area contributed by atoms with Gasteiger partial charge >= 0.3 is 6.61 Å². The number of hydrogen-bond donors (Lipinski definition) is 2. The molecule has 0 unspecified atom stereocenters. The highest BCUT2D eigenvalue weighted by atomic mass is 127. The lowest BCUT2D eigenvalue weighted by Crippen LogP contribution is -2.42. The summed E-state index contributed by atoms with van der Waals surface area (Å²) in [6.07, 6.45) is 6.12. The Morgan fingerprint density at radius 2 is 2.04 bits per heavy atom. The van der Waals surface area contributed by atoms with E-state index in [0.717, 1.165) is 12.8 Å². The number of benzene rings is 1. The molecule has 0 spiro atoms. The monoisotopic (exact) mass is 453 g/mol. The summed E-state index contributed by atoms with van der Waals surface area (Å²) in [5.74, 6) is 1.17. The van der Waals surface area contributed by atoms with Gasteiger partial charge in [-0.15, -0.1) is 24.0 Å². The highest BCUT2D eigenvalue weighted by molar-refractivity contribution is 14.0. The number of nitrogens with one attached hydrogen (secondary N) is 2. The first-order valence-corrected chi connectivity index (χ1v) is 7.36. The first-order chi connectivity index (χ1) is 11.1. The first kappa shape index (κ1) is 20.5. The van der Waals surface area contributed by atoms with Crippen molar-refractivity contribution < 1.29 is 18.3 Å². The predicted octanol–water partition coefficient (Wildman–Crippen LogP) is 3.30. The zero-order chi connectivity index (χ0) is 16.7. The third kappa shape index (κ3) is 6.14. The van der Waals surface area contributed by atoms with Gasteiger partial charge in [0, 0.05) is 31.3 Å². The molecule has 1 aliphatic rings. The summed E-state index contributed by atoms with van der Waals surface area (Å²) in [7, 11) is 3.14. The Labute approximate surface area is 157 Å². The molecule has 0 heterocycles. The molecule has 2 N–H and O–H groups in total. The molecule has 0 atom stereocenters. The minimum Gasteiger partial charge on any atom is -0.497 e. The van der Waals surface area contributed by atoms with Gasteiger partial charge in [-0.1, -0.05) is 12.2 Å². The highest BCUT2D eigenvalue weighted by Crippen LogP contribution is 2.26. The van der Waals surface area contributed by atoms with Crippen molar-refractivity contribution in [2.24, 2.45) is 4.99 Å². The van der Waals surface area contributed by atoms with Gasteiger partial charge in [0.25, 0.3) is 0 Å². The summed E-state index contributed by atoms with van der Waals surface area (Å²) in [5, 5.41) is 6.39. The SMILES string of the molecule is CN=C(NCc1ccc(OC)cc1OC(F)F)NC1CC=CC1.I. The number of guanidine groups is 1. The highest BCUT2D eigenvalue weighted by Gasteiger charge is 2.14. The molecule has 0 saturated heterocycles. The average molecular weight is 453 g/mol. The third-order valence-electron chi connectivity index (χ3n) is 3.51. The minimum absolute atomic E-state index is 0. The van der Waals surface area contributed by atoms with Gasteiger partial charge < -0.3 is 20.1 Å². The van der Waals surface area contributed by atoms with E-state index in [-0.39, 0.29) is 29.7 Å². The summed E-state index contributed by atoms with van der Waals surface area (Å²) in [6.45, 7) is -2.57. The minimum atomic E-state index is -2.89. The van der Waals surface area contributed by atoms with Crippen LogP contribution in [0.4, 0.5) is 8.78 Å². The van der Waals surface area contributed by atoms with Crippen LogP contribution >= 0.6 is 24.0 Å². The molecular formula is C16H22F2IN3O2. The van der Waals surface area contributed by atoms with Crippen LogP contribution < -0.4 is 20.1 Å². The van der Waals surface area contributed by atoms with Crippen LogP contribution in [0, 0.1) is 0 Å². The van der Waals surface area contributed by atoms with E-state index in [0.29, 0.717) is 29.9 Å². The Morgan fingerprint density at radius 3 is 2.62 bits per heavy atom. The van der Waals surface area contributed by atoms with Crippen LogP contribution in [0.15, 0.2) is 35.3 Å². The van der Waals surface area contributed by atoms with Crippen LogP contribution in [0.3, 0.4) is 0 Å². The van der Waals surface area contributed by atoms with Crippen LogP contribution in [0.25, 0.3) is 0 Å². The predicted molar refractivity (Wildman–Crippen MR) is 101 cm³/mol. The van der Waals surface area contributed by atoms with E-state index in [9.17, 15) is 8.78 Å². The second-order valence-electron chi connectivity index (χ2n) is 5.06. The van der Waals surface area contributed by atoms with E-state index in [2.05, 4.69) is 32.5 Å². The van der Waals surface area contributed by atoms with Crippen molar-refractivity contribution in [1.82, 2.24) is 10.6 Å². The van der Waals surface area contributed by atoms with Gasteiger partial charge in [-0.25, -0.2) is 0 Å². The van der Waals surface area contributed by atoms with Crippen LogP contribution in [-0.2, 0) is 6.54 Å². The van der Waals surface area contributed by atoms with Crippen molar-refractivity contribution >= 4 is 29.9 Å². The van der Waals surface area contributed by atoms with Crippen molar-refractivity contribution in [3.63, 3.8) is 0 Å². The standard InChI is InChI=1S/C16H21F2N3O2.HI/c1-19-16(21-12-5-3-4-6-12)20-10-11-7-8-13(22-2)9-14(11)23-15(17)18;/h3-4,7-9,12,15H,5-6,10H2,1-2H3,(H2,19,20,21);1H. The molecule has 134 valence electrons. The molecule has 0 amide bonds. The van der Waals surface area contributed by atoms with E-state index in [4.69, 9.17) is 4.74 Å². The number of nitrogens with zero attached hydrogens (tertiary/aromatic N) is 1. The summed E-state index contributed by atoms with van der Waals surface area (Å²) < 4.78 is 34.7. The Balaban J connectivity index is 0.00000288. The summed E-state index contributed by atoms with van der Waals surface area (Å²) in [4.78, 5) is 4.14. The molecule has 0 aromatic heterocycles. The number of aliphatic imine (C=N–C) groups is 1. The van der Waals surface area contributed by atoms with Crippen LogP contribution in [0.2, 0.25) is 0 Å². The van der Waals surface area contributed by atoms with Crippen molar-refractivity contribution in [3.8, 4) is 11.5 Å². The Morgan fingerprint density at radius 1 is 1.33 bits per heavy atom. The zero-order valence-corrected chi connectivity index (χ0v) is 15.9. The lowest BCUT2D eigenvalue weighted by molar-refractivity contribution is -0.0505. The smallest absolute Gasteiger partial charge is 0.387 e. The van der Waals surface area contributed by atoms with Gasteiger partial charge in [-0.2, -0.15) is 8.78 Å². The Bertz CT molecular complexity index is 574. The van der Waals surface area contributed by atoms with Crippen LogP contribution in [-0.4, -0.2) is 32.8 Å². The maximum Gasteiger partial charge on any atom is 0.387 e. The van der Waals surface area contributed by atoms with E-state index >= 15 is 0 Å². The number of methoxy groups -OCH3 is 1. The second kappa shape index (κ2) is 10.3. The number of hydrogen-bond acceptors (Lipinski definition) is 3. The molecular weight excluding hydrogens is 431 g/mol. The summed E-state index contributed by atoms with van der Waals surface area (Å²) in [6, 6.07) is 5.15. The summed E-state index contributed by atoms with van der Waals surface area (Å²) >= 11 is 0. The molecule has 24 heavy (non-hydrogen) atoms. The quantitative estimate of drug-likeness (QED) is 0.301. The van der Waals surface area contributed by atoms with Crippen molar-refractivity contribution in [3.05, 3.63) is 35.9 Å². The average Bonchev–Trinajstić information content (AvgIpc) is 3.04. The molecule has 1 aromatic rings. The Hall–Kier alpha value is -1.58. The van der Waals surface area contributed by atoms with Crippen molar-refractivity contribution in [2.45, 2.75) is 32.0 Å². The van der Waals surface area contributed by atoms with E-state index in [1.165, 1.54) is 13.2 Å². The zero-order valence-electron chi connectivity index (χ0n) is 13.6. The number of halogens is 3. The first-order valence-electron chi connectivity index (χ1n) is 7.36. The van der Waals surface area contributed by atoms with Gasteiger partial charge in [0.1, 0.15) is 11.5 Å². The molecule has 0 radical (unpaired) electrons. The molecule has 1 aliphatic carbocycles. The molecule has 0 aliphatic heterocycles. The molecule has 1 aromatic carbocycles. The van der Waals surface area contributed by atoms with Crippen molar-refractivity contribution in [1.29, 1.82) is 0 Å². The van der Waals surface area contributed by atoms with E-state index in [1.807, 2.05) is 0 Å². The fraction of sp³-hybridized carbons (Fsp3) is 0.438. The number of ether oxygens (including phenoxy) is 2. The molecule has 0 bridgehead atoms. The van der Waals surface area contributed by atoms with Crippen molar-refractivity contribution in [2.75, 3.05) is 14.2 Å². The van der Waals surface area contributed by atoms with Gasteiger partial charge in [0.15, 0.2) is 5.96 Å². The fourth-order valence-electron chi connectivity index (χ4n) is 2.32. The topological polar surface area (TPSA) is 54.9 Å². The van der Waals surface area contributed by atoms with Crippen LogP contribution in [0.5, 0.6) is 11.5 Å². The summed E-state index contributed by atoms with van der Waals surface area (Å²) in [5.41, 5.74) is 0.596.